The first kappa shape index (κ1) is 12.9. The second kappa shape index (κ2) is 4.98. The Morgan fingerprint density at radius 2 is 2.28 bits per heavy atom. The van der Waals surface area contributed by atoms with Crippen molar-refractivity contribution in [3.05, 3.63) is 12.2 Å². The van der Waals surface area contributed by atoms with Gasteiger partial charge in [0, 0.05) is 7.05 Å². The molecule has 0 bridgehead atoms. The van der Waals surface area contributed by atoms with E-state index in [1.807, 2.05) is 0 Å². The minimum atomic E-state index is -1.21. The third-order valence-corrected chi connectivity index (χ3v) is 2.76. The Morgan fingerprint density at radius 3 is 2.83 bits per heavy atom. The van der Waals surface area contributed by atoms with Crippen molar-refractivity contribution in [2.24, 2.45) is 0 Å². The zero-order chi connectivity index (χ0) is 13.3. The Kier molecular flexibility index (Phi) is 3.57. The van der Waals surface area contributed by atoms with Crippen molar-refractivity contribution in [2.75, 3.05) is 13.7 Å². The van der Waals surface area contributed by atoms with Crippen molar-refractivity contribution in [2.45, 2.75) is 24.5 Å². The van der Waals surface area contributed by atoms with Gasteiger partial charge in [0.25, 0.3) is 0 Å². The number of hydrogen-bond acceptors (Lipinski definition) is 7. The van der Waals surface area contributed by atoms with Gasteiger partial charge in [0.05, 0.1) is 6.61 Å². The molecule has 5 N–H and O–H groups in total. The van der Waals surface area contributed by atoms with Gasteiger partial charge in [-0.1, -0.05) is 0 Å². The van der Waals surface area contributed by atoms with Gasteiger partial charge in [-0.2, -0.15) is 0 Å². The van der Waals surface area contributed by atoms with Crippen LogP contribution in [0.2, 0.25) is 0 Å². The Labute approximate surface area is 103 Å². The summed E-state index contributed by atoms with van der Waals surface area (Å²) in [5.74, 6) is 0.177. The highest BCUT2D eigenvalue weighted by atomic mass is 16.6. The fourth-order valence-corrected chi connectivity index (χ4v) is 1.72. The third-order valence-electron chi connectivity index (χ3n) is 2.76. The first-order chi connectivity index (χ1) is 8.58. The molecule has 1 unspecified atom stereocenters. The molecule has 1 aromatic rings. The van der Waals surface area contributed by atoms with Crippen molar-refractivity contribution in [3.63, 3.8) is 0 Å². The van der Waals surface area contributed by atoms with E-state index in [1.165, 1.54) is 11.0 Å². The van der Waals surface area contributed by atoms with E-state index >= 15 is 0 Å². The number of aromatic nitrogens is 3. The van der Waals surface area contributed by atoms with Gasteiger partial charge < -0.3 is 25.4 Å². The predicted molar refractivity (Wildman–Crippen MR) is 58.9 cm³/mol. The van der Waals surface area contributed by atoms with Gasteiger partial charge in [-0.25, -0.2) is 9.67 Å². The van der Waals surface area contributed by atoms with Gasteiger partial charge in [0.2, 0.25) is 5.82 Å². The van der Waals surface area contributed by atoms with E-state index in [0.29, 0.717) is 0 Å². The van der Waals surface area contributed by atoms with Gasteiger partial charge in [0.15, 0.2) is 12.1 Å². The molecule has 0 aromatic carbocycles. The van der Waals surface area contributed by atoms with E-state index in [2.05, 4.69) is 15.4 Å². The monoisotopic (exact) mass is 257 g/mol. The molecule has 1 saturated heterocycles. The lowest BCUT2D eigenvalue weighted by Crippen LogP contribution is -2.33. The predicted octanol–water partition coefficient (Wildman–Crippen LogP) is -2.57. The van der Waals surface area contributed by atoms with Crippen molar-refractivity contribution in [1.82, 2.24) is 20.1 Å². The molecule has 1 aliphatic rings. The lowest BCUT2D eigenvalue weighted by atomic mass is 10.1. The maximum Gasteiger partial charge on any atom is 0.216 e. The summed E-state index contributed by atoms with van der Waals surface area (Å²) < 4.78 is 6.48. The first-order valence-corrected chi connectivity index (χ1v) is 5.38. The average Bonchev–Trinajstić information content (AvgIpc) is 2.96. The van der Waals surface area contributed by atoms with Gasteiger partial charge in [0.1, 0.15) is 24.6 Å². The molecule has 18 heavy (non-hydrogen) atoms. The Bertz CT molecular complexity index is 436. The summed E-state index contributed by atoms with van der Waals surface area (Å²) >= 11 is 0. The van der Waals surface area contributed by atoms with Crippen LogP contribution in [0, 0.1) is 5.41 Å². The van der Waals surface area contributed by atoms with Crippen LogP contribution in [0.4, 0.5) is 0 Å². The van der Waals surface area contributed by atoms with Gasteiger partial charge >= 0.3 is 0 Å². The van der Waals surface area contributed by atoms with Gasteiger partial charge in [-0.15, -0.1) is 5.10 Å². The molecule has 100 valence electrons. The van der Waals surface area contributed by atoms with Crippen molar-refractivity contribution < 1.29 is 20.1 Å². The summed E-state index contributed by atoms with van der Waals surface area (Å²) in [5.41, 5.74) is 0. The molecule has 9 heteroatoms. The van der Waals surface area contributed by atoms with Gasteiger partial charge in [-0.3, -0.25) is 5.41 Å². The third kappa shape index (κ3) is 2.08. The van der Waals surface area contributed by atoms with E-state index < -0.39 is 31.1 Å². The Balaban J connectivity index is 2.17. The van der Waals surface area contributed by atoms with Crippen LogP contribution >= 0.6 is 0 Å². The topological polar surface area (TPSA) is 137 Å². The highest BCUT2D eigenvalue weighted by Gasteiger charge is 2.43. The molecular weight excluding hydrogens is 242 g/mol. The molecule has 0 saturated carbocycles. The molecule has 0 spiro atoms. The van der Waals surface area contributed by atoms with Crippen molar-refractivity contribution >= 4 is 5.84 Å². The molecule has 1 aromatic heterocycles. The molecule has 2 heterocycles. The number of amidine groups is 1. The second-order valence-electron chi connectivity index (χ2n) is 3.90. The minimum Gasteiger partial charge on any atom is -0.394 e. The fourth-order valence-electron chi connectivity index (χ4n) is 1.72. The zero-order valence-electron chi connectivity index (χ0n) is 9.69. The highest BCUT2D eigenvalue weighted by Crippen LogP contribution is 2.28. The summed E-state index contributed by atoms with van der Waals surface area (Å²) in [6.07, 6.45) is -2.89. The molecular formula is C9H15N5O4. The van der Waals surface area contributed by atoms with Crippen LogP contribution < -0.4 is 5.32 Å². The number of nitrogens with one attached hydrogen (secondary N) is 2. The first-order valence-electron chi connectivity index (χ1n) is 5.38. The SMILES string of the molecule is CNC(=N)c1ncn([C@@H]2O[C@H](CO)C(O)[C@@H]2O)n1. The van der Waals surface area contributed by atoms with E-state index in [1.54, 1.807) is 7.05 Å². The molecule has 2 rings (SSSR count). The number of ether oxygens (including phenoxy) is 1. The molecule has 1 fully saturated rings. The standard InChI is InChI=1S/C9H15N5O4/c1-11-7(10)8-12-3-14(13-8)9-6(17)5(16)4(2-15)18-9/h3-6,9,15-17H,2H2,1H3,(H2,10,11)/t4-,5?,6+,9-/m1/s1. The van der Waals surface area contributed by atoms with Crippen LogP contribution in [0.15, 0.2) is 6.33 Å². The van der Waals surface area contributed by atoms with Crippen molar-refractivity contribution in [1.29, 1.82) is 5.41 Å². The Morgan fingerprint density at radius 1 is 1.56 bits per heavy atom. The number of rotatable bonds is 3. The molecule has 0 amide bonds. The maximum atomic E-state index is 9.77. The highest BCUT2D eigenvalue weighted by molar-refractivity contribution is 5.92. The smallest absolute Gasteiger partial charge is 0.216 e. The number of nitrogens with zero attached hydrogens (tertiary/aromatic N) is 3. The zero-order valence-corrected chi connectivity index (χ0v) is 9.69. The summed E-state index contributed by atoms with van der Waals surface area (Å²) in [6, 6.07) is 0. The van der Waals surface area contributed by atoms with Crippen LogP contribution in [-0.4, -0.2) is 67.9 Å². The molecule has 0 radical (unpaired) electrons. The Hall–Kier alpha value is -1.55. The van der Waals surface area contributed by atoms with Crippen LogP contribution in [0.25, 0.3) is 0 Å². The van der Waals surface area contributed by atoms with E-state index in [9.17, 15) is 10.2 Å². The van der Waals surface area contributed by atoms with Crippen molar-refractivity contribution in [3.8, 4) is 0 Å². The normalized spacial score (nSPS) is 31.6. The summed E-state index contributed by atoms with van der Waals surface area (Å²) in [5, 5.41) is 42.4. The minimum absolute atomic E-state index is 0.0282. The fraction of sp³-hybridized carbons (Fsp3) is 0.667. The number of hydrogen-bond donors (Lipinski definition) is 5. The van der Waals surface area contributed by atoms with Crippen LogP contribution in [0.5, 0.6) is 0 Å². The number of aliphatic hydroxyl groups is 3. The van der Waals surface area contributed by atoms with E-state index in [0.717, 1.165) is 0 Å². The number of aliphatic hydroxyl groups excluding tert-OH is 3. The summed E-state index contributed by atoms with van der Waals surface area (Å²) in [6.45, 7) is -0.400. The quantitative estimate of drug-likeness (QED) is 0.296. The average molecular weight is 257 g/mol. The second-order valence-corrected chi connectivity index (χ2v) is 3.90. The molecule has 4 atom stereocenters. The molecule has 0 aliphatic carbocycles. The van der Waals surface area contributed by atoms with E-state index in [-0.39, 0.29) is 11.7 Å². The lowest BCUT2D eigenvalue weighted by Gasteiger charge is -2.13. The van der Waals surface area contributed by atoms with Crippen LogP contribution in [-0.2, 0) is 4.74 Å². The summed E-state index contributed by atoms with van der Waals surface area (Å²) in [4.78, 5) is 3.87. The van der Waals surface area contributed by atoms with Crippen LogP contribution in [0.1, 0.15) is 12.1 Å². The molecule has 1 aliphatic heterocycles. The maximum absolute atomic E-state index is 9.77. The largest absolute Gasteiger partial charge is 0.394 e. The lowest BCUT2D eigenvalue weighted by molar-refractivity contribution is -0.0588. The summed E-state index contributed by atoms with van der Waals surface area (Å²) in [7, 11) is 1.56. The van der Waals surface area contributed by atoms with Crippen LogP contribution in [0.3, 0.4) is 0 Å². The molecule has 9 nitrogen and oxygen atoms in total. The van der Waals surface area contributed by atoms with Gasteiger partial charge in [-0.05, 0) is 0 Å². The van der Waals surface area contributed by atoms with E-state index in [4.69, 9.17) is 15.3 Å².